The molecule has 1 N–H and O–H groups in total. The molecule has 0 radical (unpaired) electrons. The number of carbonyl (C=O) groups excluding carboxylic acids is 1. The van der Waals surface area contributed by atoms with E-state index in [0.717, 1.165) is 22.8 Å². The van der Waals surface area contributed by atoms with Crippen LogP contribution in [0.4, 0.5) is 17.1 Å². The van der Waals surface area contributed by atoms with Crippen LogP contribution in [0, 0.1) is 6.92 Å². The maximum Gasteiger partial charge on any atom is 0.276 e. The Morgan fingerprint density at radius 3 is 2.61 bits per heavy atom. The number of hydrogen-bond donors (Lipinski definition) is 1. The number of benzene rings is 1. The molecule has 0 bridgehead atoms. The van der Waals surface area contributed by atoms with Gasteiger partial charge in [-0.05, 0) is 25.1 Å². The Labute approximate surface area is 106 Å². The summed E-state index contributed by atoms with van der Waals surface area (Å²) in [5, 5.41) is 3.34. The van der Waals surface area contributed by atoms with Crippen molar-refractivity contribution in [2.75, 3.05) is 17.3 Å². The molecule has 2 aromatic rings. The van der Waals surface area contributed by atoms with E-state index in [-0.39, 0.29) is 5.91 Å². The molecule has 18 heavy (non-hydrogen) atoms. The highest BCUT2D eigenvalue weighted by Gasteiger charge is 2.27. The fourth-order valence-corrected chi connectivity index (χ4v) is 2.37. The second-order valence-electron chi connectivity index (χ2n) is 4.61. The van der Waals surface area contributed by atoms with E-state index in [1.807, 2.05) is 48.9 Å². The average molecular weight is 241 g/mol. The zero-order valence-corrected chi connectivity index (χ0v) is 10.7. The molecule has 4 heteroatoms. The monoisotopic (exact) mass is 241 g/mol. The van der Waals surface area contributed by atoms with Gasteiger partial charge in [0.05, 0.1) is 17.1 Å². The van der Waals surface area contributed by atoms with Crippen LogP contribution in [0.25, 0.3) is 0 Å². The van der Waals surface area contributed by atoms with Crippen molar-refractivity contribution in [3.8, 4) is 0 Å². The number of nitrogens with one attached hydrogen (secondary N) is 1. The molecule has 0 aliphatic carbocycles. The van der Waals surface area contributed by atoms with Crippen molar-refractivity contribution in [2.45, 2.75) is 6.92 Å². The van der Waals surface area contributed by atoms with Crippen molar-refractivity contribution in [3.63, 3.8) is 0 Å². The van der Waals surface area contributed by atoms with Gasteiger partial charge < -0.3 is 14.8 Å². The Morgan fingerprint density at radius 1 is 1.11 bits per heavy atom. The van der Waals surface area contributed by atoms with Crippen LogP contribution in [0.15, 0.2) is 30.3 Å². The van der Waals surface area contributed by atoms with E-state index in [1.165, 1.54) is 0 Å². The van der Waals surface area contributed by atoms with Crippen LogP contribution >= 0.6 is 0 Å². The van der Waals surface area contributed by atoms with Crippen molar-refractivity contribution >= 4 is 23.0 Å². The Bertz CT molecular complexity index is 642. The highest BCUT2D eigenvalue weighted by molar-refractivity contribution is 6.12. The summed E-state index contributed by atoms with van der Waals surface area (Å²) in [6.07, 6.45) is 0. The van der Waals surface area contributed by atoms with Crippen LogP contribution in [-0.4, -0.2) is 17.5 Å². The second kappa shape index (κ2) is 3.63. The predicted molar refractivity (Wildman–Crippen MR) is 72.6 cm³/mol. The average Bonchev–Trinajstić information content (AvgIpc) is 2.58. The number of amides is 1. The van der Waals surface area contributed by atoms with E-state index in [9.17, 15) is 4.79 Å². The van der Waals surface area contributed by atoms with Gasteiger partial charge in [0.1, 0.15) is 5.69 Å². The van der Waals surface area contributed by atoms with Crippen molar-refractivity contribution in [2.24, 2.45) is 7.05 Å². The number of para-hydroxylation sites is 2. The summed E-state index contributed by atoms with van der Waals surface area (Å²) in [7, 11) is 3.72. The lowest BCUT2D eigenvalue weighted by Gasteiger charge is -2.17. The first-order valence-corrected chi connectivity index (χ1v) is 5.90. The smallest absolute Gasteiger partial charge is 0.276 e. The fraction of sp³-hybridized carbons (Fsp3) is 0.214. The Morgan fingerprint density at radius 2 is 1.83 bits per heavy atom. The van der Waals surface area contributed by atoms with Gasteiger partial charge in [-0.3, -0.25) is 4.79 Å². The standard InChI is InChI=1S/C14H15N3O/c1-9-8-11-13(16(9)2)14(18)17(3)12-7-5-4-6-10(12)15-11/h4-8,15H,1-3H3. The zero-order chi connectivity index (χ0) is 12.9. The SMILES string of the molecule is Cc1cc2c(n1C)C(=O)N(C)c1ccccc1N2. The fourth-order valence-electron chi connectivity index (χ4n) is 2.37. The summed E-state index contributed by atoms with van der Waals surface area (Å²) in [5.41, 5.74) is 4.49. The first-order chi connectivity index (χ1) is 8.59. The highest BCUT2D eigenvalue weighted by atomic mass is 16.2. The lowest BCUT2D eigenvalue weighted by Crippen LogP contribution is -2.27. The summed E-state index contributed by atoms with van der Waals surface area (Å²) in [4.78, 5) is 14.2. The largest absolute Gasteiger partial charge is 0.352 e. The summed E-state index contributed by atoms with van der Waals surface area (Å²) >= 11 is 0. The third-order valence-corrected chi connectivity index (χ3v) is 3.51. The number of aromatic nitrogens is 1. The van der Waals surface area contributed by atoms with Crippen LogP contribution in [0.1, 0.15) is 16.2 Å². The number of anilines is 3. The van der Waals surface area contributed by atoms with E-state index in [2.05, 4.69) is 5.32 Å². The molecule has 0 atom stereocenters. The number of carbonyl (C=O) groups is 1. The first kappa shape index (κ1) is 10.9. The van der Waals surface area contributed by atoms with Gasteiger partial charge in [0.25, 0.3) is 5.91 Å². The van der Waals surface area contributed by atoms with Gasteiger partial charge >= 0.3 is 0 Å². The molecule has 1 aliphatic rings. The third kappa shape index (κ3) is 1.35. The van der Waals surface area contributed by atoms with Crippen molar-refractivity contribution < 1.29 is 4.79 Å². The number of aryl methyl sites for hydroxylation is 1. The molecule has 4 nitrogen and oxygen atoms in total. The number of nitrogens with zero attached hydrogens (tertiary/aromatic N) is 2. The molecule has 1 aromatic carbocycles. The van der Waals surface area contributed by atoms with Crippen molar-refractivity contribution in [1.82, 2.24) is 4.57 Å². The molecule has 0 fully saturated rings. The van der Waals surface area contributed by atoms with Crippen LogP contribution in [0.3, 0.4) is 0 Å². The first-order valence-electron chi connectivity index (χ1n) is 5.90. The molecule has 1 aromatic heterocycles. The summed E-state index contributed by atoms with van der Waals surface area (Å²) in [6, 6.07) is 9.83. The van der Waals surface area contributed by atoms with E-state index in [0.29, 0.717) is 5.69 Å². The lowest BCUT2D eigenvalue weighted by molar-refractivity contribution is 0.0986. The molecule has 3 rings (SSSR count). The van der Waals surface area contributed by atoms with Crippen molar-refractivity contribution in [1.29, 1.82) is 0 Å². The maximum absolute atomic E-state index is 12.5. The van der Waals surface area contributed by atoms with Gasteiger partial charge in [0.15, 0.2) is 0 Å². The topological polar surface area (TPSA) is 37.3 Å². The van der Waals surface area contributed by atoms with Crippen LogP contribution in [0.5, 0.6) is 0 Å². The quantitative estimate of drug-likeness (QED) is 0.770. The van der Waals surface area contributed by atoms with E-state index in [1.54, 1.807) is 11.9 Å². The molecule has 0 saturated carbocycles. The Kier molecular flexibility index (Phi) is 2.20. The van der Waals surface area contributed by atoms with Gasteiger partial charge in [-0.2, -0.15) is 0 Å². The van der Waals surface area contributed by atoms with Gasteiger partial charge in [-0.15, -0.1) is 0 Å². The van der Waals surface area contributed by atoms with Gasteiger partial charge in [-0.1, -0.05) is 12.1 Å². The zero-order valence-electron chi connectivity index (χ0n) is 10.7. The van der Waals surface area contributed by atoms with Crippen LogP contribution in [0.2, 0.25) is 0 Å². The highest BCUT2D eigenvalue weighted by Crippen LogP contribution is 2.35. The predicted octanol–water partition coefficient (Wildman–Crippen LogP) is 2.67. The minimum absolute atomic E-state index is 0.0121. The van der Waals surface area contributed by atoms with E-state index >= 15 is 0 Å². The molecular weight excluding hydrogens is 226 g/mol. The minimum Gasteiger partial charge on any atom is -0.352 e. The normalized spacial score (nSPS) is 13.7. The van der Waals surface area contributed by atoms with Gasteiger partial charge in [0, 0.05) is 19.8 Å². The Hall–Kier alpha value is -2.23. The number of fused-ring (bicyclic) bond motifs is 2. The second-order valence-corrected chi connectivity index (χ2v) is 4.61. The van der Waals surface area contributed by atoms with E-state index in [4.69, 9.17) is 0 Å². The molecule has 1 aliphatic heterocycles. The Balaban J connectivity index is 2.26. The maximum atomic E-state index is 12.5. The summed E-state index contributed by atoms with van der Waals surface area (Å²) < 4.78 is 1.92. The third-order valence-electron chi connectivity index (χ3n) is 3.51. The lowest BCUT2D eigenvalue weighted by atomic mass is 10.2. The van der Waals surface area contributed by atoms with Gasteiger partial charge in [-0.25, -0.2) is 0 Å². The molecule has 0 saturated heterocycles. The van der Waals surface area contributed by atoms with Gasteiger partial charge in [0.2, 0.25) is 0 Å². The summed E-state index contributed by atoms with van der Waals surface area (Å²) in [6.45, 7) is 2.00. The summed E-state index contributed by atoms with van der Waals surface area (Å²) in [5.74, 6) is 0.0121. The molecule has 2 heterocycles. The minimum atomic E-state index is 0.0121. The van der Waals surface area contributed by atoms with E-state index < -0.39 is 0 Å². The molecule has 0 spiro atoms. The number of rotatable bonds is 0. The molecule has 1 amide bonds. The molecule has 0 unspecified atom stereocenters. The van der Waals surface area contributed by atoms with Crippen molar-refractivity contribution in [3.05, 3.63) is 41.7 Å². The number of hydrogen-bond acceptors (Lipinski definition) is 2. The molecule has 92 valence electrons. The molecular formula is C14H15N3O. The van der Waals surface area contributed by atoms with Crippen LogP contribution < -0.4 is 10.2 Å². The van der Waals surface area contributed by atoms with Crippen LogP contribution in [-0.2, 0) is 7.05 Å².